The van der Waals surface area contributed by atoms with E-state index in [-0.39, 0.29) is 29.7 Å². The number of carbonyl (C=O) groups excluding carboxylic acids is 3. The first-order valence-electron chi connectivity index (χ1n) is 13.4. The van der Waals surface area contributed by atoms with Crippen LogP contribution in [0.1, 0.15) is 47.2 Å². The topological polar surface area (TPSA) is 168 Å². The SMILES string of the molecule is CN(C)c1cc(CN2CCCC2)c(O)c2c1C[C@H]1C[C@@H](C(CO)N(C)C)[C@@](O)(C(=O)CC(N)=O)C(O)=C1C2=O. The van der Waals surface area contributed by atoms with Gasteiger partial charge in [-0.05, 0) is 70.4 Å². The highest BCUT2D eigenvalue weighted by atomic mass is 16.3. The number of aromatic hydroxyl groups is 1. The number of aliphatic hydroxyl groups excluding tert-OH is 2. The monoisotopic (exact) mass is 544 g/mol. The maximum absolute atomic E-state index is 14.1. The number of aliphatic hydroxyl groups is 3. The van der Waals surface area contributed by atoms with Gasteiger partial charge in [-0.1, -0.05) is 0 Å². The highest BCUT2D eigenvalue weighted by Gasteiger charge is 2.58. The minimum absolute atomic E-state index is 0.0580. The second kappa shape index (κ2) is 10.9. The Labute approximate surface area is 228 Å². The molecule has 0 aromatic heterocycles. The molecule has 0 bridgehead atoms. The summed E-state index contributed by atoms with van der Waals surface area (Å²) in [6.45, 7) is 1.81. The lowest BCUT2D eigenvalue weighted by molar-refractivity contribution is -0.151. The fourth-order valence-corrected chi connectivity index (χ4v) is 6.65. The number of likely N-dealkylation sites (tertiary alicyclic amines) is 1. The van der Waals surface area contributed by atoms with Crippen LogP contribution in [0.15, 0.2) is 17.4 Å². The molecule has 214 valence electrons. The molecule has 1 aliphatic heterocycles. The first-order chi connectivity index (χ1) is 18.3. The van der Waals surface area contributed by atoms with Crippen molar-refractivity contribution in [1.29, 1.82) is 0 Å². The van der Waals surface area contributed by atoms with E-state index in [2.05, 4.69) is 4.90 Å². The van der Waals surface area contributed by atoms with Crippen molar-refractivity contribution in [3.05, 3.63) is 34.1 Å². The number of phenolic OH excluding ortho intramolecular Hbond substituents is 1. The molecule has 0 spiro atoms. The van der Waals surface area contributed by atoms with Crippen LogP contribution in [0.4, 0.5) is 5.69 Å². The molecule has 3 aliphatic rings. The van der Waals surface area contributed by atoms with Gasteiger partial charge in [-0.2, -0.15) is 0 Å². The lowest BCUT2D eigenvalue weighted by Gasteiger charge is -2.47. The smallest absolute Gasteiger partial charge is 0.225 e. The van der Waals surface area contributed by atoms with Crippen molar-refractivity contribution >= 4 is 23.2 Å². The van der Waals surface area contributed by atoms with Crippen LogP contribution in [0.25, 0.3) is 0 Å². The van der Waals surface area contributed by atoms with Gasteiger partial charge in [-0.3, -0.25) is 19.3 Å². The second-order valence-electron chi connectivity index (χ2n) is 11.5. The molecule has 1 fully saturated rings. The summed E-state index contributed by atoms with van der Waals surface area (Å²) in [6, 6.07) is 1.13. The maximum atomic E-state index is 14.1. The number of rotatable bonds is 9. The molecule has 1 aromatic rings. The number of amides is 1. The first kappa shape index (κ1) is 29.0. The van der Waals surface area contributed by atoms with Gasteiger partial charge in [0.2, 0.25) is 5.91 Å². The molecular formula is C28H40N4O7. The second-order valence-corrected chi connectivity index (χ2v) is 11.5. The van der Waals surface area contributed by atoms with E-state index in [9.17, 15) is 34.8 Å². The summed E-state index contributed by atoms with van der Waals surface area (Å²) in [4.78, 5) is 44.7. The number of fused-ring (bicyclic) bond motifs is 2. The molecular weight excluding hydrogens is 504 g/mol. The summed E-state index contributed by atoms with van der Waals surface area (Å²) in [5.74, 6) is -5.30. The Balaban J connectivity index is 1.90. The summed E-state index contributed by atoms with van der Waals surface area (Å²) < 4.78 is 0. The molecule has 11 heteroatoms. The van der Waals surface area contributed by atoms with Gasteiger partial charge in [0.05, 0.1) is 18.6 Å². The fraction of sp³-hybridized carbons (Fsp3) is 0.607. The molecule has 1 amide bonds. The molecule has 1 unspecified atom stereocenters. The van der Waals surface area contributed by atoms with Crippen molar-refractivity contribution in [1.82, 2.24) is 9.80 Å². The number of hydrogen-bond acceptors (Lipinski definition) is 10. The van der Waals surface area contributed by atoms with Crippen LogP contribution in [0.5, 0.6) is 5.75 Å². The number of phenols is 1. The molecule has 1 aromatic carbocycles. The molecule has 4 rings (SSSR count). The predicted octanol–water partition coefficient (Wildman–Crippen LogP) is 0.339. The number of ketones is 2. The van der Waals surface area contributed by atoms with Gasteiger partial charge in [-0.15, -0.1) is 0 Å². The quantitative estimate of drug-likeness (QED) is 0.273. The van der Waals surface area contributed by atoms with Crippen molar-refractivity contribution in [2.24, 2.45) is 17.6 Å². The number of allylic oxidation sites excluding steroid dienone is 1. The summed E-state index contributed by atoms with van der Waals surface area (Å²) in [7, 11) is 7.06. The Morgan fingerprint density at radius 1 is 1.18 bits per heavy atom. The number of carbonyl (C=O) groups is 3. The minimum atomic E-state index is -2.61. The van der Waals surface area contributed by atoms with Crippen LogP contribution < -0.4 is 10.6 Å². The number of nitrogens with zero attached hydrogens (tertiary/aromatic N) is 3. The summed E-state index contributed by atoms with van der Waals surface area (Å²) >= 11 is 0. The van der Waals surface area contributed by atoms with E-state index in [1.165, 1.54) is 0 Å². The van der Waals surface area contributed by atoms with Gasteiger partial charge in [0, 0.05) is 49.4 Å². The van der Waals surface area contributed by atoms with Crippen molar-refractivity contribution in [3.63, 3.8) is 0 Å². The zero-order valence-electron chi connectivity index (χ0n) is 23.1. The molecule has 4 atom stereocenters. The molecule has 11 nitrogen and oxygen atoms in total. The Morgan fingerprint density at radius 3 is 2.36 bits per heavy atom. The van der Waals surface area contributed by atoms with E-state index in [0.29, 0.717) is 17.7 Å². The van der Waals surface area contributed by atoms with Crippen LogP contribution in [0.2, 0.25) is 0 Å². The van der Waals surface area contributed by atoms with Gasteiger partial charge in [0.25, 0.3) is 0 Å². The summed E-state index contributed by atoms with van der Waals surface area (Å²) in [5, 5.41) is 44.8. The molecule has 39 heavy (non-hydrogen) atoms. The summed E-state index contributed by atoms with van der Waals surface area (Å²) in [6.07, 6.45) is 1.64. The van der Waals surface area contributed by atoms with E-state index in [1.807, 2.05) is 25.1 Å². The molecule has 0 radical (unpaired) electrons. The van der Waals surface area contributed by atoms with Gasteiger partial charge >= 0.3 is 0 Å². The van der Waals surface area contributed by atoms with Crippen LogP contribution in [-0.4, -0.2) is 107 Å². The Morgan fingerprint density at radius 2 is 1.82 bits per heavy atom. The van der Waals surface area contributed by atoms with Gasteiger partial charge in [0.15, 0.2) is 17.2 Å². The molecule has 2 aliphatic carbocycles. The molecule has 1 heterocycles. The number of benzene rings is 1. The van der Waals surface area contributed by atoms with Crippen LogP contribution in [0, 0.1) is 11.8 Å². The average Bonchev–Trinajstić information content (AvgIpc) is 3.36. The molecule has 0 saturated carbocycles. The number of Topliss-reactive ketones (excluding diaryl/α,β-unsaturated/α-hetero) is 2. The van der Waals surface area contributed by atoms with E-state index < -0.39 is 59.7 Å². The largest absolute Gasteiger partial charge is 0.508 e. The first-order valence-corrected chi connectivity index (χ1v) is 13.4. The summed E-state index contributed by atoms with van der Waals surface area (Å²) in [5.41, 5.74) is 4.55. The number of hydrogen-bond donors (Lipinski definition) is 5. The van der Waals surface area contributed by atoms with Crippen LogP contribution in [-0.2, 0) is 22.6 Å². The highest BCUT2D eigenvalue weighted by molar-refractivity contribution is 6.15. The zero-order valence-corrected chi connectivity index (χ0v) is 23.1. The van der Waals surface area contributed by atoms with E-state index >= 15 is 0 Å². The van der Waals surface area contributed by atoms with E-state index in [0.717, 1.165) is 31.6 Å². The number of primary amides is 1. The van der Waals surface area contributed by atoms with Gasteiger partial charge in [0.1, 0.15) is 11.5 Å². The lowest BCUT2D eigenvalue weighted by Crippen LogP contribution is -2.60. The Kier molecular flexibility index (Phi) is 8.09. The highest BCUT2D eigenvalue weighted by Crippen LogP contribution is 2.51. The van der Waals surface area contributed by atoms with Crippen LogP contribution in [0.3, 0.4) is 0 Å². The van der Waals surface area contributed by atoms with Crippen LogP contribution >= 0.6 is 0 Å². The van der Waals surface area contributed by atoms with E-state index in [1.54, 1.807) is 19.0 Å². The third-order valence-corrected chi connectivity index (χ3v) is 8.63. The van der Waals surface area contributed by atoms with Crippen molar-refractivity contribution < 1.29 is 34.8 Å². The Hall–Kier alpha value is -2.99. The van der Waals surface area contributed by atoms with Gasteiger partial charge < -0.3 is 36.0 Å². The lowest BCUT2D eigenvalue weighted by atomic mass is 9.61. The normalized spacial score (nSPS) is 26.0. The standard InChI is InChI=1S/C28H40N4O7/c1-30(2)19-11-16(13-32-7-5-6-8-32)25(36)24-17(19)9-15-10-18(20(14-33)31(3)4)28(39,21(34)12-22(29)35)27(38)23(15)26(24)37/h11,15,18,20,33,36,38-39H,5-10,12-14H2,1-4H3,(H2,29,35)/t15-,18-,20?,28+/m0/s1. The minimum Gasteiger partial charge on any atom is -0.508 e. The van der Waals surface area contributed by atoms with Crippen molar-refractivity contribution in [2.75, 3.05) is 52.8 Å². The predicted molar refractivity (Wildman–Crippen MR) is 145 cm³/mol. The fourth-order valence-electron chi connectivity index (χ4n) is 6.65. The number of anilines is 1. The number of nitrogens with two attached hydrogens (primary N) is 1. The molecule has 6 N–H and O–H groups in total. The maximum Gasteiger partial charge on any atom is 0.225 e. The van der Waals surface area contributed by atoms with Gasteiger partial charge in [-0.25, -0.2) is 0 Å². The molecule has 1 saturated heterocycles. The van der Waals surface area contributed by atoms with Crippen molar-refractivity contribution in [2.45, 2.75) is 50.3 Å². The third kappa shape index (κ3) is 4.93. The van der Waals surface area contributed by atoms with Crippen molar-refractivity contribution in [3.8, 4) is 5.75 Å². The Bertz CT molecular complexity index is 1200. The third-order valence-electron chi connectivity index (χ3n) is 8.63. The average molecular weight is 545 g/mol. The van der Waals surface area contributed by atoms with E-state index in [4.69, 9.17) is 5.73 Å². The zero-order chi connectivity index (χ0) is 28.8. The number of likely N-dealkylation sites (N-methyl/N-ethyl adjacent to an activating group) is 1.